The van der Waals surface area contributed by atoms with Crippen molar-refractivity contribution in [2.45, 2.75) is 6.04 Å². The van der Waals surface area contributed by atoms with Crippen molar-refractivity contribution in [3.05, 3.63) is 34.1 Å². The average Bonchev–Trinajstić information content (AvgIpc) is 2.21. The van der Waals surface area contributed by atoms with E-state index in [9.17, 15) is 9.18 Å². The van der Waals surface area contributed by atoms with E-state index in [2.05, 4.69) is 15.9 Å². The predicted molar refractivity (Wildman–Crippen MR) is 61.0 cm³/mol. The Hall–Kier alpha value is -0.980. The fraction of sp³-hybridized carbons (Fsp3) is 0.300. The molecule has 0 bridgehead atoms. The highest BCUT2D eigenvalue weighted by Crippen LogP contribution is 2.20. The Labute approximate surface area is 101 Å². The molecule has 0 heterocycles. The van der Waals surface area contributed by atoms with Gasteiger partial charge in [-0.15, -0.1) is 0 Å². The minimum Gasteiger partial charge on any atom is -0.370 e. The number of benzene rings is 1. The predicted octanol–water partition coefficient (Wildman–Crippen LogP) is 1.09. The zero-order valence-corrected chi connectivity index (χ0v) is 10.0. The van der Waals surface area contributed by atoms with Crippen molar-refractivity contribution in [1.82, 2.24) is 0 Å². The number of carbonyl (C=O) groups excluding carboxylic acids is 1. The van der Waals surface area contributed by atoms with Crippen LogP contribution in [0, 0.1) is 5.82 Å². The first kappa shape index (κ1) is 13.1. The van der Waals surface area contributed by atoms with Crippen molar-refractivity contribution in [1.29, 1.82) is 0 Å². The van der Waals surface area contributed by atoms with Gasteiger partial charge in [0, 0.05) is 0 Å². The van der Waals surface area contributed by atoms with E-state index in [1.807, 2.05) is 0 Å². The van der Waals surface area contributed by atoms with Crippen LogP contribution in [0.15, 0.2) is 22.7 Å². The lowest BCUT2D eigenvalue weighted by atomic mass is 10.1. The largest absolute Gasteiger partial charge is 0.370 e. The molecule has 1 amide bonds. The summed E-state index contributed by atoms with van der Waals surface area (Å²) in [7, 11) is 0. The third-order valence-electron chi connectivity index (χ3n) is 1.91. The quantitative estimate of drug-likeness (QED) is 0.852. The van der Waals surface area contributed by atoms with Gasteiger partial charge in [-0.05, 0) is 33.6 Å². The van der Waals surface area contributed by atoms with E-state index < -0.39 is 11.9 Å². The zero-order chi connectivity index (χ0) is 12.1. The summed E-state index contributed by atoms with van der Waals surface area (Å²) in [6.45, 7) is -0.0168. The van der Waals surface area contributed by atoms with Crippen LogP contribution in [0.25, 0.3) is 0 Å². The highest BCUT2D eigenvalue weighted by molar-refractivity contribution is 9.10. The number of hydrogen-bond acceptors (Lipinski definition) is 3. The molecular weight excluding hydrogens is 279 g/mol. The smallest absolute Gasteiger partial charge is 0.243 e. The van der Waals surface area contributed by atoms with Crippen molar-refractivity contribution < 1.29 is 13.9 Å². The molecule has 0 spiro atoms. The molecule has 0 fully saturated rings. The molecule has 1 unspecified atom stereocenters. The van der Waals surface area contributed by atoms with Gasteiger partial charge in [0.15, 0.2) is 0 Å². The molecule has 1 aromatic rings. The molecule has 4 N–H and O–H groups in total. The Morgan fingerprint density at radius 3 is 2.81 bits per heavy atom. The van der Waals surface area contributed by atoms with E-state index in [4.69, 9.17) is 16.2 Å². The van der Waals surface area contributed by atoms with Gasteiger partial charge in [0.05, 0.1) is 17.1 Å². The minimum absolute atomic E-state index is 0.154. The summed E-state index contributed by atoms with van der Waals surface area (Å²) in [6, 6.07) is 4.04. The number of primary amides is 1. The van der Waals surface area contributed by atoms with Crippen molar-refractivity contribution in [2.75, 3.05) is 13.2 Å². The Bertz CT molecular complexity index is 387. The molecule has 16 heavy (non-hydrogen) atoms. The second-order valence-electron chi connectivity index (χ2n) is 3.26. The number of rotatable bonds is 5. The van der Waals surface area contributed by atoms with Crippen molar-refractivity contribution in [3.8, 4) is 0 Å². The van der Waals surface area contributed by atoms with Crippen molar-refractivity contribution in [2.24, 2.45) is 11.5 Å². The van der Waals surface area contributed by atoms with E-state index in [0.29, 0.717) is 4.47 Å². The van der Waals surface area contributed by atoms with Crippen LogP contribution >= 0.6 is 15.9 Å². The number of carbonyl (C=O) groups is 1. The maximum absolute atomic E-state index is 12.9. The summed E-state index contributed by atoms with van der Waals surface area (Å²) in [5.41, 5.74) is 11.4. The highest BCUT2D eigenvalue weighted by atomic mass is 79.9. The number of ether oxygens (including phenoxy) is 1. The molecule has 0 aliphatic rings. The summed E-state index contributed by atoms with van der Waals surface area (Å²) in [5, 5.41) is 0. The number of nitrogens with two attached hydrogens (primary N) is 2. The first-order chi connectivity index (χ1) is 7.50. The van der Waals surface area contributed by atoms with Gasteiger partial charge in [0.2, 0.25) is 5.91 Å². The Kier molecular flexibility index (Phi) is 4.85. The summed E-state index contributed by atoms with van der Waals surface area (Å²) < 4.78 is 18.3. The highest BCUT2D eigenvalue weighted by Gasteiger charge is 2.09. The van der Waals surface area contributed by atoms with Crippen LogP contribution < -0.4 is 11.5 Å². The van der Waals surface area contributed by atoms with Gasteiger partial charge in [-0.2, -0.15) is 0 Å². The van der Waals surface area contributed by atoms with Crippen molar-refractivity contribution >= 4 is 21.8 Å². The van der Waals surface area contributed by atoms with Gasteiger partial charge < -0.3 is 16.2 Å². The van der Waals surface area contributed by atoms with Gasteiger partial charge >= 0.3 is 0 Å². The fourth-order valence-electron chi connectivity index (χ4n) is 1.13. The number of hydrogen-bond donors (Lipinski definition) is 2. The fourth-order valence-corrected chi connectivity index (χ4v) is 1.52. The molecule has 1 atom stereocenters. The molecule has 0 radical (unpaired) electrons. The van der Waals surface area contributed by atoms with Gasteiger partial charge in [0.25, 0.3) is 0 Å². The van der Waals surface area contributed by atoms with Crippen LogP contribution in [-0.4, -0.2) is 19.1 Å². The van der Waals surface area contributed by atoms with Crippen LogP contribution in [0.2, 0.25) is 0 Å². The Balaban J connectivity index is 2.55. The van der Waals surface area contributed by atoms with Gasteiger partial charge in [-0.25, -0.2) is 4.39 Å². The Morgan fingerprint density at radius 1 is 1.56 bits per heavy atom. The maximum Gasteiger partial charge on any atom is 0.243 e. The van der Waals surface area contributed by atoms with E-state index in [1.165, 1.54) is 6.07 Å². The molecule has 0 aliphatic carbocycles. The third kappa shape index (κ3) is 3.88. The lowest BCUT2D eigenvalue weighted by Gasteiger charge is -2.12. The first-order valence-electron chi connectivity index (χ1n) is 4.57. The van der Waals surface area contributed by atoms with Crippen LogP contribution in [0.3, 0.4) is 0 Å². The van der Waals surface area contributed by atoms with E-state index in [0.717, 1.165) is 5.56 Å². The molecular formula is C10H12BrFN2O2. The average molecular weight is 291 g/mol. The molecule has 0 aromatic heterocycles. The summed E-state index contributed by atoms with van der Waals surface area (Å²) in [6.07, 6.45) is 0. The minimum atomic E-state index is -0.549. The lowest BCUT2D eigenvalue weighted by Crippen LogP contribution is -2.23. The van der Waals surface area contributed by atoms with Crippen LogP contribution in [0.4, 0.5) is 4.39 Å². The molecule has 0 saturated heterocycles. The molecule has 1 rings (SSSR count). The van der Waals surface area contributed by atoms with Crippen LogP contribution in [-0.2, 0) is 9.53 Å². The van der Waals surface area contributed by atoms with Crippen LogP contribution in [0.1, 0.15) is 11.6 Å². The normalized spacial score (nSPS) is 12.4. The van der Waals surface area contributed by atoms with Crippen LogP contribution in [0.5, 0.6) is 0 Å². The topological polar surface area (TPSA) is 78.3 Å². The summed E-state index contributed by atoms with van der Waals surface area (Å²) in [4.78, 5) is 10.4. The lowest BCUT2D eigenvalue weighted by molar-refractivity contribution is -0.122. The molecule has 0 saturated carbocycles. The third-order valence-corrected chi connectivity index (χ3v) is 2.52. The van der Waals surface area contributed by atoms with Gasteiger partial charge in [-0.1, -0.05) is 6.07 Å². The maximum atomic E-state index is 12.9. The SMILES string of the molecule is NC(=O)COCC(N)c1ccc(F)c(Br)c1. The molecule has 6 heteroatoms. The van der Waals surface area contributed by atoms with Crippen molar-refractivity contribution in [3.63, 3.8) is 0 Å². The van der Waals surface area contributed by atoms with E-state index >= 15 is 0 Å². The number of amides is 1. The second-order valence-corrected chi connectivity index (χ2v) is 4.12. The van der Waals surface area contributed by atoms with E-state index in [-0.39, 0.29) is 19.0 Å². The molecule has 4 nitrogen and oxygen atoms in total. The van der Waals surface area contributed by atoms with E-state index in [1.54, 1.807) is 12.1 Å². The first-order valence-corrected chi connectivity index (χ1v) is 5.36. The molecule has 0 aliphatic heterocycles. The zero-order valence-electron chi connectivity index (χ0n) is 8.45. The van der Waals surface area contributed by atoms with Gasteiger partial charge in [-0.3, -0.25) is 4.79 Å². The van der Waals surface area contributed by atoms with Gasteiger partial charge in [0.1, 0.15) is 12.4 Å². The number of halogens is 2. The Morgan fingerprint density at radius 2 is 2.25 bits per heavy atom. The summed E-state index contributed by atoms with van der Waals surface area (Å²) in [5.74, 6) is -0.901. The summed E-state index contributed by atoms with van der Waals surface area (Å²) >= 11 is 3.06. The molecule has 1 aromatic carbocycles. The second kappa shape index (κ2) is 5.93. The standard InChI is InChI=1S/C10H12BrFN2O2/c11-7-3-6(1-2-8(7)12)9(13)4-16-5-10(14)15/h1-3,9H,4-5,13H2,(H2,14,15). The monoisotopic (exact) mass is 290 g/mol. The molecule has 88 valence electrons.